The first-order valence-corrected chi connectivity index (χ1v) is 11.1. The molecular weight excluding hydrogens is 548 g/mol. The molecule has 8 nitrogen and oxygen atoms in total. The van der Waals surface area contributed by atoms with Crippen LogP contribution in [0.3, 0.4) is 0 Å². The Morgan fingerprint density at radius 2 is 1.62 bits per heavy atom. The summed E-state index contributed by atoms with van der Waals surface area (Å²) in [6.07, 6.45) is -7.90. The van der Waals surface area contributed by atoms with Crippen LogP contribution in [0.4, 0.5) is 40.9 Å². The van der Waals surface area contributed by atoms with E-state index in [1.165, 1.54) is 16.3 Å². The summed E-state index contributed by atoms with van der Waals surface area (Å²) in [5, 5.41) is 20.5. The van der Waals surface area contributed by atoms with Gasteiger partial charge in [0.05, 0.1) is 23.6 Å². The summed E-state index contributed by atoms with van der Waals surface area (Å²) >= 11 is 0. The molecule has 1 unspecified atom stereocenters. The third-order valence-corrected chi connectivity index (χ3v) is 6.16. The Labute approximate surface area is 213 Å². The van der Waals surface area contributed by atoms with Crippen LogP contribution < -0.4 is 15.6 Å². The number of carbonyl (C=O) groups excluding carboxylic acids is 1. The highest BCUT2D eigenvalue weighted by atomic mass is 19.4. The zero-order valence-corrected chi connectivity index (χ0v) is 19.6. The van der Waals surface area contributed by atoms with Gasteiger partial charge < -0.3 is 20.4 Å². The van der Waals surface area contributed by atoms with E-state index in [-0.39, 0.29) is 31.0 Å². The average molecular weight is 566 g/mol. The Kier molecular flexibility index (Phi) is 7.06. The van der Waals surface area contributed by atoms with Gasteiger partial charge in [0.2, 0.25) is 5.43 Å². The first-order valence-electron chi connectivity index (χ1n) is 11.1. The molecule has 1 aromatic carbocycles. The Morgan fingerprint density at radius 3 is 2.15 bits per heavy atom. The maximum Gasteiger partial charge on any atom is 0.455 e. The number of nitrogens with one attached hydrogen (secondary N) is 1. The molecule has 0 spiro atoms. The van der Waals surface area contributed by atoms with Crippen LogP contribution in [0.2, 0.25) is 0 Å². The maximum atomic E-state index is 14.8. The van der Waals surface area contributed by atoms with E-state index < -0.39 is 81.4 Å². The van der Waals surface area contributed by atoms with Crippen molar-refractivity contribution in [3.63, 3.8) is 0 Å². The van der Waals surface area contributed by atoms with Crippen molar-refractivity contribution in [1.82, 2.24) is 14.9 Å². The molecule has 16 heteroatoms. The number of β-amino-alcohol motifs (C(OH)–C–C–N with tert-alkyl or cyclic N) is 2. The van der Waals surface area contributed by atoms with Gasteiger partial charge >= 0.3 is 12.1 Å². The van der Waals surface area contributed by atoms with Gasteiger partial charge in [-0.25, -0.2) is 18.2 Å². The lowest BCUT2D eigenvalue weighted by molar-refractivity contribution is -0.290. The monoisotopic (exact) mass is 566 g/mol. The van der Waals surface area contributed by atoms with Gasteiger partial charge in [-0.3, -0.25) is 14.2 Å². The molecule has 1 saturated heterocycles. The van der Waals surface area contributed by atoms with Gasteiger partial charge in [0.1, 0.15) is 22.9 Å². The summed E-state index contributed by atoms with van der Waals surface area (Å²) in [7, 11) is 0. The lowest BCUT2D eigenvalue weighted by Crippen LogP contribution is -2.54. The van der Waals surface area contributed by atoms with E-state index in [9.17, 15) is 54.9 Å². The van der Waals surface area contributed by atoms with Gasteiger partial charge in [-0.15, -0.1) is 0 Å². The number of fused-ring (bicyclic) bond motifs is 1. The maximum absolute atomic E-state index is 14.8. The number of anilines is 1. The number of rotatable bonds is 5. The molecular formula is C23H18F8N4O4. The van der Waals surface area contributed by atoms with Crippen molar-refractivity contribution in [3.05, 3.63) is 63.7 Å². The predicted octanol–water partition coefficient (Wildman–Crippen LogP) is 2.66. The van der Waals surface area contributed by atoms with Gasteiger partial charge in [0, 0.05) is 31.4 Å². The molecule has 39 heavy (non-hydrogen) atoms. The highest BCUT2D eigenvalue weighted by Crippen LogP contribution is 2.38. The number of aliphatic hydroxyl groups is 2. The van der Waals surface area contributed by atoms with Gasteiger partial charge in [0.25, 0.3) is 5.91 Å². The normalized spacial score (nSPS) is 19.0. The summed E-state index contributed by atoms with van der Waals surface area (Å²) in [6.45, 7) is 0.112. The molecule has 0 saturated carbocycles. The minimum absolute atomic E-state index is 0.00446. The number of hydrogen-bond donors (Lipinski definition) is 3. The number of alkyl halides is 5. The number of hydrogen-bond acceptors (Lipinski definition) is 6. The summed E-state index contributed by atoms with van der Waals surface area (Å²) in [5.41, 5.74) is -3.86. The number of carbonyl (C=O) groups is 1. The van der Waals surface area contributed by atoms with Crippen molar-refractivity contribution in [2.45, 2.75) is 37.3 Å². The molecule has 4 rings (SSSR count). The lowest BCUT2D eigenvalue weighted by Gasteiger charge is -2.26. The van der Waals surface area contributed by atoms with Crippen molar-refractivity contribution in [3.8, 4) is 5.69 Å². The molecule has 0 aliphatic carbocycles. The van der Waals surface area contributed by atoms with Crippen LogP contribution in [-0.2, 0) is 0 Å². The number of aliphatic hydroxyl groups excluding tert-OH is 2. The number of halogens is 8. The molecule has 3 N–H and O–H groups in total. The molecule has 2 aromatic heterocycles. The topological polar surface area (TPSA) is 108 Å². The molecule has 1 fully saturated rings. The Morgan fingerprint density at radius 1 is 1.05 bits per heavy atom. The van der Waals surface area contributed by atoms with Gasteiger partial charge in [0.15, 0.2) is 17.3 Å². The van der Waals surface area contributed by atoms with E-state index in [0.717, 1.165) is 6.07 Å². The number of pyridine rings is 2. The van der Waals surface area contributed by atoms with Gasteiger partial charge in [-0.1, -0.05) is 0 Å². The van der Waals surface area contributed by atoms with Crippen LogP contribution in [0.15, 0.2) is 35.3 Å². The standard InChI is InChI=1S/C23H18F8N4O4/c1-9(22(27,28)23(29,30)31)32-21(39)12-6-35(18-13(25)4-10(24)5-14(18)26)20-11(19(12)38)2-3-17(33-20)34-7-15(36)16(37)8-34/h2-6,9,15-16,36-37H,7-8H2,1H3,(H,32,39)/t9?,15-,16-/m1/s1. The largest absolute Gasteiger partial charge is 0.455 e. The van der Waals surface area contributed by atoms with Gasteiger partial charge in [-0.05, 0) is 19.1 Å². The van der Waals surface area contributed by atoms with E-state index >= 15 is 0 Å². The predicted molar refractivity (Wildman–Crippen MR) is 119 cm³/mol. The third-order valence-electron chi connectivity index (χ3n) is 6.16. The fourth-order valence-electron chi connectivity index (χ4n) is 4.03. The van der Waals surface area contributed by atoms with E-state index in [1.807, 2.05) is 0 Å². The van der Waals surface area contributed by atoms with E-state index in [1.54, 1.807) is 0 Å². The van der Waals surface area contributed by atoms with Crippen LogP contribution in [-0.4, -0.2) is 69.1 Å². The van der Waals surface area contributed by atoms with E-state index in [2.05, 4.69) is 4.98 Å². The molecule has 3 atom stereocenters. The van der Waals surface area contributed by atoms with Crippen molar-refractivity contribution in [2.24, 2.45) is 0 Å². The fraction of sp³-hybridized carbons (Fsp3) is 0.348. The quantitative estimate of drug-likeness (QED) is 0.410. The number of aromatic nitrogens is 2. The zero-order valence-electron chi connectivity index (χ0n) is 19.6. The summed E-state index contributed by atoms with van der Waals surface area (Å²) in [4.78, 5) is 31.3. The highest BCUT2D eigenvalue weighted by molar-refractivity contribution is 5.97. The summed E-state index contributed by atoms with van der Waals surface area (Å²) < 4.78 is 109. The molecule has 0 radical (unpaired) electrons. The second kappa shape index (κ2) is 9.75. The molecule has 1 amide bonds. The number of nitrogens with zero attached hydrogens (tertiary/aromatic N) is 3. The molecule has 1 aliphatic rings. The molecule has 210 valence electrons. The Bertz CT molecular complexity index is 1480. The van der Waals surface area contributed by atoms with Crippen molar-refractivity contribution < 1.29 is 50.1 Å². The fourth-order valence-corrected chi connectivity index (χ4v) is 4.03. The summed E-state index contributed by atoms with van der Waals surface area (Å²) in [6, 6.07) is -0.0762. The van der Waals surface area contributed by atoms with Crippen LogP contribution in [0.5, 0.6) is 0 Å². The zero-order chi connectivity index (χ0) is 29.0. The van der Waals surface area contributed by atoms with Crippen LogP contribution in [0.1, 0.15) is 17.3 Å². The van der Waals surface area contributed by atoms with Crippen molar-refractivity contribution in [2.75, 3.05) is 18.0 Å². The first kappa shape index (κ1) is 28.2. The molecule has 0 bridgehead atoms. The molecule has 3 heterocycles. The smallest absolute Gasteiger partial charge is 0.389 e. The third kappa shape index (κ3) is 5.01. The minimum atomic E-state index is -6.04. The van der Waals surface area contributed by atoms with Gasteiger partial charge in [-0.2, -0.15) is 22.0 Å². The van der Waals surface area contributed by atoms with Crippen molar-refractivity contribution >= 4 is 22.8 Å². The van der Waals surface area contributed by atoms with Crippen molar-refractivity contribution in [1.29, 1.82) is 0 Å². The molecule has 1 aliphatic heterocycles. The second-order valence-electron chi connectivity index (χ2n) is 8.86. The Hall–Kier alpha value is -3.79. The summed E-state index contributed by atoms with van der Waals surface area (Å²) in [5.74, 6) is -11.5. The van der Waals surface area contributed by atoms with E-state index in [0.29, 0.717) is 17.7 Å². The van der Waals surface area contributed by atoms with Crippen LogP contribution in [0.25, 0.3) is 16.7 Å². The Balaban J connectivity index is 1.91. The lowest BCUT2D eigenvalue weighted by atomic mass is 10.1. The highest BCUT2D eigenvalue weighted by Gasteiger charge is 2.61. The average Bonchev–Trinajstić information content (AvgIpc) is 3.16. The second-order valence-corrected chi connectivity index (χ2v) is 8.86. The molecule has 3 aromatic rings. The van der Waals surface area contributed by atoms with E-state index in [4.69, 9.17) is 0 Å². The SMILES string of the molecule is CC(NC(=O)c1cn(-c2c(F)cc(F)cc2F)c2nc(N3C[C@@H](O)[C@H](O)C3)ccc2c1=O)C(F)(F)C(F)(F)F. The number of amides is 1. The minimum Gasteiger partial charge on any atom is -0.389 e. The number of benzene rings is 1. The van der Waals surface area contributed by atoms with Crippen LogP contribution >= 0.6 is 0 Å². The van der Waals surface area contributed by atoms with Crippen LogP contribution in [0, 0.1) is 17.5 Å². The first-order chi connectivity index (χ1) is 18.0.